The Morgan fingerprint density at radius 1 is 1.19 bits per heavy atom. The average molecular weight is 232 g/mol. The van der Waals surface area contributed by atoms with E-state index >= 15 is 0 Å². The second-order valence-corrected chi connectivity index (χ2v) is 3.50. The fourth-order valence-corrected chi connectivity index (χ4v) is 1.31. The number of benzene rings is 1. The van der Waals surface area contributed by atoms with E-state index in [4.69, 9.17) is 5.73 Å². The van der Waals surface area contributed by atoms with E-state index in [2.05, 4.69) is 5.32 Å². The van der Waals surface area contributed by atoms with Gasteiger partial charge in [-0.15, -0.1) is 0 Å². The Morgan fingerprint density at radius 3 is 2.56 bits per heavy atom. The molecule has 0 fully saturated rings. The summed E-state index contributed by atoms with van der Waals surface area (Å²) < 4.78 is 37.1. The van der Waals surface area contributed by atoms with Gasteiger partial charge in [0.1, 0.15) is 0 Å². The van der Waals surface area contributed by atoms with Crippen molar-refractivity contribution in [1.29, 1.82) is 0 Å². The molecule has 0 aromatic heterocycles. The smallest absolute Gasteiger partial charge is 0.385 e. The average Bonchev–Trinajstić information content (AvgIpc) is 2.24. The molecule has 0 amide bonds. The van der Waals surface area contributed by atoms with E-state index in [0.717, 1.165) is 25.0 Å². The highest BCUT2D eigenvalue weighted by Gasteiger charge is 2.30. The lowest BCUT2D eigenvalue weighted by atomic mass is 10.2. The van der Waals surface area contributed by atoms with E-state index in [1.54, 1.807) is 6.07 Å². The van der Waals surface area contributed by atoms with Gasteiger partial charge in [0.05, 0.1) is 5.56 Å². The van der Waals surface area contributed by atoms with Crippen LogP contribution in [0, 0.1) is 0 Å². The second-order valence-electron chi connectivity index (χ2n) is 3.50. The maximum absolute atomic E-state index is 12.4. The van der Waals surface area contributed by atoms with Crippen LogP contribution in [0.5, 0.6) is 0 Å². The van der Waals surface area contributed by atoms with Gasteiger partial charge in [-0.05, 0) is 37.6 Å². The molecule has 0 heterocycles. The molecule has 1 rings (SSSR count). The van der Waals surface area contributed by atoms with Gasteiger partial charge in [0, 0.05) is 12.2 Å². The molecule has 0 aliphatic rings. The Hall–Kier alpha value is -1.23. The van der Waals surface area contributed by atoms with Gasteiger partial charge in [0.15, 0.2) is 0 Å². The van der Waals surface area contributed by atoms with Crippen molar-refractivity contribution in [2.75, 3.05) is 18.4 Å². The first kappa shape index (κ1) is 12.8. The predicted octanol–water partition coefficient (Wildman–Crippen LogP) is 2.86. The predicted molar refractivity (Wildman–Crippen MR) is 58.2 cm³/mol. The van der Waals surface area contributed by atoms with Gasteiger partial charge < -0.3 is 11.1 Å². The molecule has 0 spiro atoms. The van der Waals surface area contributed by atoms with Crippen molar-refractivity contribution in [3.63, 3.8) is 0 Å². The topological polar surface area (TPSA) is 38.0 Å². The third kappa shape index (κ3) is 4.10. The summed E-state index contributed by atoms with van der Waals surface area (Å²) in [7, 11) is 0. The molecule has 5 heteroatoms. The van der Waals surface area contributed by atoms with Crippen molar-refractivity contribution >= 4 is 5.69 Å². The van der Waals surface area contributed by atoms with Crippen molar-refractivity contribution in [2.24, 2.45) is 5.73 Å². The first-order valence-corrected chi connectivity index (χ1v) is 5.15. The molecule has 16 heavy (non-hydrogen) atoms. The summed E-state index contributed by atoms with van der Waals surface area (Å²) in [6.45, 7) is 1.24. The molecule has 0 bridgehead atoms. The minimum Gasteiger partial charge on any atom is -0.385 e. The SMILES string of the molecule is NCCCCNc1cccc(C(F)(F)F)c1. The van der Waals surface area contributed by atoms with Crippen molar-refractivity contribution in [2.45, 2.75) is 19.0 Å². The van der Waals surface area contributed by atoms with Gasteiger partial charge in [0.2, 0.25) is 0 Å². The first-order chi connectivity index (χ1) is 7.54. The zero-order valence-corrected chi connectivity index (χ0v) is 8.85. The summed E-state index contributed by atoms with van der Waals surface area (Å²) in [4.78, 5) is 0. The number of nitrogens with one attached hydrogen (secondary N) is 1. The van der Waals surface area contributed by atoms with Crippen LogP contribution in [0.3, 0.4) is 0 Å². The molecular formula is C11H15F3N2. The van der Waals surface area contributed by atoms with Crippen LogP contribution in [0.4, 0.5) is 18.9 Å². The van der Waals surface area contributed by atoms with Crippen molar-refractivity contribution in [3.05, 3.63) is 29.8 Å². The molecule has 2 nitrogen and oxygen atoms in total. The van der Waals surface area contributed by atoms with Crippen molar-refractivity contribution < 1.29 is 13.2 Å². The number of unbranched alkanes of at least 4 members (excludes halogenated alkanes) is 1. The largest absolute Gasteiger partial charge is 0.416 e. The normalized spacial score (nSPS) is 11.5. The molecule has 0 saturated heterocycles. The van der Waals surface area contributed by atoms with E-state index in [1.807, 2.05) is 0 Å². The van der Waals surface area contributed by atoms with Crippen LogP contribution in [0.2, 0.25) is 0 Å². The number of halogens is 3. The quantitative estimate of drug-likeness (QED) is 0.766. The monoisotopic (exact) mass is 232 g/mol. The number of rotatable bonds is 5. The number of nitrogens with two attached hydrogens (primary N) is 1. The fourth-order valence-electron chi connectivity index (χ4n) is 1.31. The molecular weight excluding hydrogens is 217 g/mol. The van der Waals surface area contributed by atoms with Crippen LogP contribution in [0.25, 0.3) is 0 Å². The summed E-state index contributed by atoms with van der Waals surface area (Å²) in [5, 5.41) is 2.94. The van der Waals surface area contributed by atoms with Gasteiger partial charge in [-0.2, -0.15) is 13.2 Å². The summed E-state index contributed by atoms with van der Waals surface area (Å²) in [5.74, 6) is 0. The Labute approximate surface area is 92.6 Å². The number of hydrogen-bond donors (Lipinski definition) is 2. The Morgan fingerprint density at radius 2 is 1.94 bits per heavy atom. The molecule has 0 unspecified atom stereocenters. The molecule has 1 aromatic carbocycles. The molecule has 1 aromatic rings. The maximum Gasteiger partial charge on any atom is 0.416 e. The lowest BCUT2D eigenvalue weighted by molar-refractivity contribution is -0.137. The van der Waals surface area contributed by atoms with E-state index in [0.29, 0.717) is 18.8 Å². The molecule has 0 aliphatic carbocycles. The van der Waals surface area contributed by atoms with Crippen LogP contribution in [0.15, 0.2) is 24.3 Å². The zero-order chi connectivity index (χ0) is 12.0. The summed E-state index contributed by atoms with van der Waals surface area (Å²) in [6.07, 6.45) is -2.56. The van der Waals surface area contributed by atoms with Crippen molar-refractivity contribution in [3.8, 4) is 0 Å². The van der Waals surface area contributed by atoms with Gasteiger partial charge in [-0.25, -0.2) is 0 Å². The van der Waals surface area contributed by atoms with Gasteiger partial charge in [-0.3, -0.25) is 0 Å². The van der Waals surface area contributed by atoms with Crippen LogP contribution in [-0.4, -0.2) is 13.1 Å². The highest BCUT2D eigenvalue weighted by atomic mass is 19.4. The highest BCUT2D eigenvalue weighted by molar-refractivity contribution is 5.46. The lowest BCUT2D eigenvalue weighted by Gasteiger charge is -2.10. The van der Waals surface area contributed by atoms with Crippen molar-refractivity contribution in [1.82, 2.24) is 0 Å². The second kappa shape index (κ2) is 5.75. The maximum atomic E-state index is 12.4. The van der Waals surface area contributed by atoms with Gasteiger partial charge >= 0.3 is 6.18 Å². The molecule has 0 aliphatic heterocycles. The lowest BCUT2D eigenvalue weighted by Crippen LogP contribution is -2.08. The number of hydrogen-bond acceptors (Lipinski definition) is 2. The molecule has 0 saturated carbocycles. The van der Waals surface area contributed by atoms with E-state index in [1.165, 1.54) is 6.07 Å². The fraction of sp³-hybridized carbons (Fsp3) is 0.455. The Balaban J connectivity index is 2.54. The minimum absolute atomic E-state index is 0.492. The molecule has 3 N–H and O–H groups in total. The summed E-state index contributed by atoms with van der Waals surface area (Å²) in [6, 6.07) is 5.19. The van der Waals surface area contributed by atoms with Crippen LogP contribution in [0.1, 0.15) is 18.4 Å². The summed E-state index contributed by atoms with van der Waals surface area (Å²) >= 11 is 0. The minimum atomic E-state index is -4.28. The van der Waals surface area contributed by atoms with E-state index in [-0.39, 0.29) is 0 Å². The number of alkyl halides is 3. The molecule has 0 atom stereocenters. The summed E-state index contributed by atoms with van der Waals surface area (Å²) in [5.41, 5.74) is 5.18. The zero-order valence-electron chi connectivity index (χ0n) is 8.85. The van der Waals surface area contributed by atoms with E-state index < -0.39 is 11.7 Å². The Bertz CT molecular complexity index is 323. The standard InChI is InChI=1S/C11H15F3N2/c12-11(13,14)9-4-3-5-10(8-9)16-7-2-1-6-15/h3-5,8,16H,1-2,6-7,15H2. The van der Waals surface area contributed by atoms with Crippen LogP contribution in [-0.2, 0) is 6.18 Å². The number of anilines is 1. The van der Waals surface area contributed by atoms with Crippen LogP contribution < -0.4 is 11.1 Å². The van der Waals surface area contributed by atoms with E-state index in [9.17, 15) is 13.2 Å². The molecule has 0 radical (unpaired) electrons. The van der Waals surface area contributed by atoms with Gasteiger partial charge in [0.25, 0.3) is 0 Å². The molecule has 90 valence electrons. The third-order valence-corrected chi connectivity index (χ3v) is 2.15. The third-order valence-electron chi connectivity index (χ3n) is 2.15. The van der Waals surface area contributed by atoms with Gasteiger partial charge in [-0.1, -0.05) is 6.07 Å². The Kier molecular flexibility index (Phi) is 4.61. The highest BCUT2D eigenvalue weighted by Crippen LogP contribution is 2.30. The first-order valence-electron chi connectivity index (χ1n) is 5.15. The van der Waals surface area contributed by atoms with Crippen LogP contribution >= 0.6 is 0 Å².